The Morgan fingerprint density at radius 2 is 1.81 bits per heavy atom. The Hall–Kier alpha value is -3.75. The zero-order chi connectivity index (χ0) is 19.8. The Balaban J connectivity index is 1.86. The molecule has 0 aliphatic carbocycles. The number of nitro groups is 1. The van der Waals surface area contributed by atoms with Gasteiger partial charge in [0.2, 0.25) is 0 Å². The molecule has 0 saturated carbocycles. The molecule has 0 heterocycles. The number of nitrogens with zero attached hydrogens (tertiary/aromatic N) is 1. The third-order valence-electron chi connectivity index (χ3n) is 3.35. The Morgan fingerprint density at radius 3 is 2.48 bits per heavy atom. The van der Waals surface area contributed by atoms with Crippen LogP contribution in [0.4, 0.5) is 10.1 Å². The summed E-state index contributed by atoms with van der Waals surface area (Å²) in [6, 6.07) is 11.0. The molecule has 27 heavy (non-hydrogen) atoms. The van der Waals surface area contributed by atoms with Crippen molar-refractivity contribution in [3.63, 3.8) is 0 Å². The van der Waals surface area contributed by atoms with Crippen molar-refractivity contribution in [3.8, 4) is 5.75 Å². The molecule has 0 saturated heterocycles. The predicted molar refractivity (Wildman–Crippen MR) is 94.9 cm³/mol. The Kier molecular flexibility index (Phi) is 6.59. The molecule has 1 unspecified atom stereocenters. The quantitative estimate of drug-likeness (QED) is 0.459. The van der Waals surface area contributed by atoms with Gasteiger partial charge in [0.1, 0.15) is 11.6 Å². The summed E-state index contributed by atoms with van der Waals surface area (Å²) in [7, 11) is 0. The van der Waals surface area contributed by atoms with Crippen LogP contribution in [-0.2, 0) is 9.59 Å². The maximum absolute atomic E-state index is 12.8. The molecule has 1 atom stereocenters. The van der Waals surface area contributed by atoms with Crippen LogP contribution in [0.5, 0.6) is 5.75 Å². The smallest absolute Gasteiger partial charge is 0.279 e. The highest BCUT2D eigenvalue weighted by molar-refractivity contribution is 5.94. The van der Waals surface area contributed by atoms with Gasteiger partial charge in [-0.25, -0.2) is 4.39 Å². The van der Waals surface area contributed by atoms with Crippen molar-refractivity contribution in [2.75, 3.05) is 0 Å². The second-order valence-corrected chi connectivity index (χ2v) is 5.34. The van der Waals surface area contributed by atoms with E-state index in [0.29, 0.717) is 5.75 Å². The number of nitrogens with one attached hydrogen (secondary N) is 2. The van der Waals surface area contributed by atoms with Crippen LogP contribution in [0.3, 0.4) is 0 Å². The monoisotopic (exact) mass is 373 g/mol. The van der Waals surface area contributed by atoms with Crippen molar-refractivity contribution < 1.29 is 23.6 Å². The maximum Gasteiger partial charge on any atom is 0.279 e. The molecule has 2 aromatic carbocycles. The zero-order valence-electron chi connectivity index (χ0n) is 14.2. The fraction of sp³-hybridized carbons (Fsp3) is 0.111. The van der Waals surface area contributed by atoms with Gasteiger partial charge >= 0.3 is 0 Å². The van der Waals surface area contributed by atoms with Gasteiger partial charge in [0.15, 0.2) is 6.10 Å². The van der Waals surface area contributed by atoms with Gasteiger partial charge in [0, 0.05) is 12.1 Å². The first kappa shape index (κ1) is 19.6. The van der Waals surface area contributed by atoms with Crippen LogP contribution >= 0.6 is 0 Å². The fourth-order valence-electron chi connectivity index (χ4n) is 2.00. The molecule has 2 N–H and O–H groups in total. The van der Waals surface area contributed by atoms with Gasteiger partial charge in [0.25, 0.3) is 17.5 Å². The second kappa shape index (κ2) is 9.09. The van der Waals surface area contributed by atoms with E-state index in [0.717, 1.165) is 6.08 Å². The van der Waals surface area contributed by atoms with Crippen molar-refractivity contribution >= 4 is 23.6 Å². The van der Waals surface area contributed by atoms with Crippen LogP contribution in [0.1, 0.15) is 12.5 Å². The van der Waals surface area contributed by atoms with E-state index >= 15 is 0 Å². The van der Waals surface area contributed by atoms with Crippen LogP contribution in [0.25, 0.3) is 6.08 Å². The molecule has 140 valence electrons. The number of nitro benzene ring substituents is 1. The van der Waals surface area contributed by atoms with Crippen LogP contribution < -0.4 is 15.6 Å². The van der Waals surface area contributed by atoms with E-state index in [1.54, 1.807) is 6.07 Å². The van der Waals surface area contributed by atoms with Crippen LogP contribution in [-0.4, -0.2) is 22.8 Å². The molecule has 0 aliphatic rings. The summed E-state index contributed by atoms with van der Waals surface area (Å²) in [6.45, 7) is 1.45. The first-order valence-corrected chi connectivity index (χ1v) is 7.80. The van der Waals surface area contributed by atoms with E-state index in [9.17, 15) is 24.1 Å². The minimum Gasteiger partial charge on any atom is -0.481 e. The number of hydrazine groups is 1. The van der Waals surface area contributed by atoms with Gasteiger partial charge in [0.05, 0.1) is 10.5 Å². The molecular weight excluding hydrogens is 357 g/mol. The first-order valence-electron chi connectivity index (χ1n) is 7.80. The number of para-hydroxylation sites is 1. The summed E-state index contributed by atoms with van der Waals surface area (Å²) in [4.78, 5) is 34.0. The molecule has 0 fully saturated rings. The van der Waals surface area contributed by atoms with Gasteiger partial charge in [-0.2, -0.15) is 0 Å². The normalized spacial score (nSPS) is 11.6. The average Bonchev–Trinajstić information content (AvgIpc) is 2.66. The lowest BCUT2D eigenvalue weighted by molar-refractivity contribution is -0.385. The summed E-state index contributed by atoms with van der Waals surface area (Å²) in [6.07, 6.45) is 1.36. The lowest BCUT2D eigenvalue weighted by atomic mass is 10.1. The van der Waals surface area contributed by atoms with E-state index in [1.807, 2.05) is 0 Å². The van der Waals surface area contributed by atoms with E-state index in [2.05, 4.69) is 10.9 Å². The molecule has 8 nitrogen and oxygen atoms in total. The minimum atomic E-state index is -0.949. The molecule has 0 aromatic heterocycles. The number of rotatable bonds is 6. The largest absolute Gasteiger partial charge is 0.481 e. The maximum atomic E-state index is 12.8. The zero-order valence-corrected chi connectivity index (χ0v) is 14.2. The van der Waals surface area contributed by atoms with E-state index in [-0.39, 0.29) is 11.3 Å². The van der Waals surface area contributed by atoms with E-state index < -0.39 is 28.7 Å². The number of hydrogen-bond donors (Lipinski definition) is 2. The number of hydrogen-bond acceptors (Lipinski definition) is 5. The van der Waals surface area contributed by atoms with Gasteiger partial charge in [-0.15, -0.1) is 0 Å². The van der Waals surface area contributed by atoms with Crippen LogP contribution in [0.15, 0.2) is 54.6 Å². The molecule has 0 aliphatic heterocycles. The first-order chi connectivity index (χ1) is 12.9. The van der Waals surface area contributed by atoms with Crippen LogP contribution in [0, 0.1) is 15.9 Å². The summed E-state index contributed by atoms with van der Waals surface area (Å²) >= 11 is 0. The van der Waals surface area contributed by atoms with E-state index in [1.165, 1.54) is 55.5 Å². The van der Waals surface area contributed by atoms with Crippen LogP contribution in [0.2, 0.25) is 0 Å². The summed E-state index contributed by atoms with van der Waals surface area (Å²) in [5.74, 6) is -1.46. The van der Waals surface area contributed by atoms with Crippen molar-refractivity contribution in [1.29, 1.82) is 0 Å². The molecule has 2 rings (SSSR count). The SMILES string of the molecule is CC(Oc1ccc(F)cc1)C(=O)NNC(=O)/C=C/c1ccccc1[N+](=O)[O-]. The Bertz CT molecular complexity index is 868. The number of halogens is 1. The molecule has 9 heteroatoms. The molecule has 2 amide bonds. The highest BCUT2D eigenvalue weighted by atomic mass is 19.1. The highest BCUT2D eigenvalue weighted by Gasteiger charge is 2.15. The molecule has 0 bridgehead atoms. The number of ether oxygens (including phenoxy) is 1. The molecular formula is C18H16FN3O5. The lowest BCUT2D eigenvalue weighted by Crippen LogP contribution is -2.46. The Morgan fingerprint density at radius 1 is 1.15 bits per heavy atom. The molecule has 0 radical (unpaired) electrons. The van der Waals surface area contributed by atoms with Gasteiger partial charge in [-0.1, -0.05) is 12.1 Å². The standard InChI is InChI=1S/C18H16FN3O5/c1-12(27-15-9-7-14(19)8-10-15)18(24)21-20-17(23)11-6-13-4-2-3-5-16(13)22(25)26/h2-12H,1H3,(H,20,23)(H,21,24)/b11-6+. The summed E-state index contributed by atoms with van der Waals surface area (Å²) in [5, 5.41) is 10.9. The van der Waals surface area contributed by atoms with E-state index in [4.69, 9.17) is 4.74 Å². The number of carbonyl (C=O) groups excluding carboxylic acids is 2. The number of carbonyl (C=O) groups is 2. The highest BCUT2D eigenvalue weighted by Crippen LogP contribution is 2.18. The van der Waals surface area contributed by atoms with Crippen molar-refractivity contribution in [1.82, 2.24) is 10.9 Å². The van der Waals surface area contributed by atoms with Crippen molar-refractivity contribution in [3.05, 3.63) is 76.1 Å². The van der Waals surface area contributed by atoms with Crippen molar-refractivity contribution in [2.24, 2.45) is 0 Å². The topological polar surface area (TPSA) is 111 Å². The fourth-order valence-corrected chi connectivity index (χ4v) is 2.00. The summed E-state index contributed by atoms with van der Waals surface area (Å²) in [5.41, 5.74) is 4.41. The third-order valence-corrected chi connectivity index (χ3v) is 3.35. The summed E-state index contributed by atoms with van der Waals surface area (Å²) < 4.78 is 18.1. The number of amides is 2. The average molecular weight is 373 g/mol. The molecule has 0 spiro atoms. The molecule has 2 aromatic rings. The van der Waals surface area contributed by atoms with Gasteiger partial charge < -0.3 is 4.74 Å². The van der Waals surface area contributed by atoms with Gasteiger partial charge in [-0.3, -0.25) is 30.6 Å². The van der Waals surface area contributed by atoms with Gasteiger partial charge in [-0.05, 0) is 43.3 Å². The lowest BCUT2D eigenvalue weighted by Gasteiger charge is -2.14. The Labute approximate surface area is 153 Å². The minimum absolute atomic E-state index is 0.146. The predicted octanol–water partition coefficient (Wildman–Crippen LogP) is 2.36. The number of benzene rings is 2. The van der Waals surface area contributed by atoms with Crippen molar-refractivity contribution in [2.45, 2.75) is 13.0 Å². The third kappa shape index (κ3) is 5.92. The second-order valence-electron chi connectivity index (χ2n) is 5.34.